The van der Waals surface area contributed by atoms with Gasteiger partial charge in [-0.1, -0.05) is 26.7 Å². The van der Waals surface area contributed by atoms with Crippen LogP contribution in [0.3, 0.4) is 0 Å². The minimum absolute atomic E-state index is 0.528. The van der Waals surface area contributed by atoms with Crippen LogP contribution in [0.25, 0.3) is 0 Å². The van der Waals surface area contributed by atoms with Gasteiger partial charge in [-0.3, -0.25) is 0 Å². The molecule has 0 radical (unpaired) electrons. The Morgan fingerprint density at radius 3 is 2.86 bits per heavy atom. The molecule has 0 aromatic rings. The van der Waals surface area contributed by atoms with E-state index >= 15 is 0 Å². The third kappa shape index (κ3) is 3.97. The summed E-state index contributed by atoms with van der Waals surface area (Å²) in [7, 11) is 0. The van der Waals surface area contributed by atoms with Gasteiger partial charge in [0, 0.05) is 6.61 Å². The molecular formula is C12H24O2. The molecule has 1 aliphatic carbocycles. The second kappa shape index (κ2) is 5.72. The number of aliphatic hydroxyl groups is 1. The fourth-order valence-electron chi connectivity index (χ4n) is 2.11. The zero-order valence-corrected chi connectivity index (χ0v) is 9.59. The van der Waals surface area contributed by atoms with Crippen molar-refractivity contribution in [3.63, 3.8) is 0 Å². The van der Waals surface area contributed by atoms with Gasteiger partial charge in [0.15, 0.2) is 0 Å². The molecule has 2 nitrogen and oxygen atoms in total. The topological polar surface area (TPSA) is 29.5 Å². The van der Waals surface area contributed by atoms with Crippen molar-refractivity contribution in [2.75, 3.05) is 13.2 Å². The zero-order chi connectivity index (χ0) is 10.4. The summed E-state index contributed by atoms with van der Waals surface area (Å²) in [5.41, 5.74) is -0.528. The van der Waals surface area contributed by atoms with Gasteiger partial charge in [0.1, 0.15) is 0 Å². The first-order chi connectivity index (χ1) is 6.66. The van der Waals surface area contributed by atoms with E-state index in [4.69, 9.17) is 4.74 Å². The number of hydrogen-bond donors (Lipinski definition) is 1. The molecule has 0 amide bonds. The van der Waals surface area contributed by atoms with Gasteiger partial charge in [-0.05, 0) is 31.6 Å². The molecule has 1 fully saturated rings. The molecule has 0 aromatic heterocycles. The minimum Gasteiger partial charge on any atom is -0.387 e. The SMILES string of the molecule is CCCOCC1(O)CCCC(C)CC1. The highest BCUT2D eigenvalue weighted by molar-refractivity contribution is 4.82. The first kappa shape index (κ1) is 12.0. The number of rotatable bonds is 4. The van der Waals surface area contributed by atoms with Gasteiger partial charge in [-0.25, -0.2) is 0 Å². The number of hydrogen-bond acceptors (Lipinski definition) is 2. The van der Waals surface area contributed by atoms with Crippen molar-refractivity contribution in [2.45, 2.75) is 58.0 Å². The predicted octanol–water partition coefficient (Wildman–Crippen LogP) is 2.74. The fraction of sp³-hybridized carbons (Fsp3) is 1.00. The molecule has 1 N–H and O–H groups in total. The van der Waals surface area contributed by atoms with Gasteiger partial charge in [0.05, 0.1) is 12.2 Å². The largest absolute Gasteiger partial charge is 0.387 e. The van der Waals surface area contributed by atoms with Crippen molar-refractivity contribution in [1.29, 1.82) is 0 Å². The smallest absolute Gasteiger partial charge is 0.0880 e. The molecule has 2 unspecified atom stereocenters. The third-order valence-electron chi connectivity index (χ3n) is 3.16. The average molecular weight is 200 g/mol. The lowest BCUT2D eigenvalue weighted by Gasteiger charge is -2.26. The maximum atomic E-state index is 10.3. The summed E-state index contributed by atoms with van der Waals surface area (Å²) in [6.07, 6.45) is 6.42. The van der Waals surface area contributed by atoms with Crippen molar-refractivity contribution >= 4 is 0 Å². The Hall–Kier alpha value is -0.0800. The molecule has 1 saturated carbocycles. The summed E-state index contributed by atoms with van der Waals surface area (Å²) >= 11 is 0. The van der Waals surface area contributed by atoms with Crippen LogP contribution in [0.2, 0.25) is 0 Å². The Morgan fingerprint density at radius 1 is 1.36 bits per heavy atom. The molecule has 0 aromatic carbocycles. The van der Waals surface area contributed by atoms with Crippen LogP contribution < -0.4 is 0 Å². The van der Waals surface area contributed by atoms with Crippen LogP contribution in [0, 0.1) is 5.92 Å². The summed E-state index contributed by atoms with van der Waals surface area (Å²) in [5.74, 6) is 0.773. The first-order valence-corrected chi connectivity index (χ1v) is 5.96. The van der Waals surface area contributed by atoms with Gasteiger partial charge in [-0.15, -0.1) is 0 Å². The quantitative estimate of drug-likeness (QED) is 0.558. The van der Waals surface area contributed by atoms with Crippen LogP contribution in [0.4, 0.5) is 0 Å². The Kier molecular flexibility index (Phi) is 4.90. The molecule has 2 atom stereocenters. The van der Waals surface area contributed by atoms with Crippen LogP contribution in [-0.2, 0) is 4.74 Å². The van der Waals surface area contributed by atoms with E-state index in [0.717, 1.165) is 44.6 Å². The summed E-state index contributed by atoms with van der Waals surface area (Å²) < 4.78 is 5.47. The second-order valence-electron chi connectivity index (χ2n) is 4.81. The first-order valence-electron chi connectivity index (χ1n) is 5.96. The Labute approximate surface area is 87.7 Å². The highest BCUT2D eigenvalue weighted by Crippen LogP contribution is 2.30. The molecule has 84 valence electrons. The molecule has 0 aliphatic heterocycles. The lowest BCUT2D eigenvalue weighted by Crippen LogP contribution is -2.34. The molecule has 1 rings (SSSR count). The highest BCUT2D eigenvalue weighted by atomic mass is 16.5. The Morgan fingerprint density at radius 2 is 2.14 bits per heavy atom. The van der Waals surface area contributed by atoms with E-state index in [1.165, 1.54) is 6.42 Å². The molecule has 0 bridgehead atoms. The lowest BCUT2D eigenvalue weighted by molar-refractivity contribution is -0.0559. The van der Waals surface area contributed by atoms with Crippen molar-refractivity contribution in [3.05, 3.63) is 0 Å². The maximum Gasteiger partial charge on any atom is 0.0880 e. The molecule has 0 saturated heterocycles. The van der Waals surface area contributed by atoms with Crippen LogP contribution in [0.1, 0.15) is 52.4 Å². The van der Waals surface area contributed by atoms with E-state index in [0.29, 0.717) is 6.61 Å². The Bertz CT molecular complexity index is 158. The van der Waals surface area contributed by atoms with E-state index in [2.05, 4.69) is 13.8 Å². The van der Waals surface area contributed by atoms with Gasteiger partial charge >= 0.3 is 0 Å². The van der Waals surface area contributed by atoms with Crippen LogP contribution in [0.15, 0.2) is 0 Å². The van der Waals surface area contributed by atoms with Crippen LogP contribution in [0.5, 0.6) is 0 Å². The normalized spacial score (nSPS) is 34.1. The van der Waals surface area contributed by atoms with Gasteiger partial charge in [0.2, 0.25) is 0 Å². The summed E-state index contributed by atoms with van der Waals surface area (Å²) in [4.78, 5) is 0. The predicted molar refractivity (Wildman–Crippen MR) is 58.3 cm³/mol. The van der Waals surface area contributed by atoms with Gasteiger partial charge < -0.3 is 9.84 Å². The summed E-state index contributed by atoms with van der Waals surface area (Å²) in [6, 6.07) is 0. The fourth-order valence-corrected chi connectivity index (χ4v) is 2.11. The Balaban J connectivity index is 2.31. The molecule has 2 heteroatoms. The molecule has 1 aliphatic rings. The van der Waals surface area contributed by atoms with E-state index in [1.807, 2.05) is 0 Å². The van der Waals surface area contributed by atoms with Gasteiger partial charge in [-0.2, -0.15) is 0 Å². The van der Waals surface area contributed by atoms with Crippen molar-refractivity contribution in [2.24, 2.45) is 5.92 Å². The van der Waals surface area contributed by atoms with Gasteiger partial charge in [0.25, 0.3) is 0 Å². The van der Waals surface area contributed by atoms with Crippen molar-refractivity contribution < 1.29 is 9.84 Å². The van der Waals surface area contributed by atoms with E-state index in [-0.39, 0.29) is 0 Å². The van der Waals surface area contributed by atoms with Crippen LogP contribution >= 0.6 is 0 Å². The summed E-state index contributed by atoms with van der Waals surface area (Å²) in [5, 5.41) is 10.3. The molecule has 14 heavy (non-hydrogen) atoms. The van der Waals surface area contributed by atoms with E-state index in [1.54, 1.807) is 0 Å². The minimum atomic E-state index is -0.528. The van der Waals surface area contributed by atoms with Crippen LogP contribution in [-0.4, -0.2) is 23.9 Å². The number of ether oxygens (including phenoxy) is 1. The second-order valence-corrected chi connectivity index (χ2v) is 4.81. The van der Waals surface area contributed by atoms with Crippen molar-refractivity contribution in [3.8, 4) is 0 Å². The van der Waals surface area contributed by atoms with E-state index in [9.17, 15) is 5.11 Å². The van der Waals surface area contributed by atoms with E-state index < -0.39 is 5.60 Å². The maximum absolute atomic E-state index is 10.3. The monoisotopic (exact) mass is 200 g/mol. The standard InChI is InChI=1S/C12H24O2/c1-3-9-14-10-12(13)7-4-5-11(2)6-8-12/h11,13H,3-10H2,1-2H3. The molecular weight excluding hydrogens is 176 g/mol. The van der Waals surface area contributed by atoms with Crippen molar-refractivity contribution in [1.82, 2.24) is 0 Å². The average Bonchev–Trinajstić information content (AvgIpc) is 2.30. The molecule has 0 heterocycles. The third-order valence-corrected chi connectivity index (χ3v) is 3.16. The highest BCUT2D eigenvalue weighted by Gasteiger charge is 2.29. The summed E-state index contributed by atoms with van der Waals surface area (Å²) in [6.45, 7) is 5.68. The molecule has 0 spiro atoms. The lowest BCUT2D eigenvalue weighted by atomic mass is 9.95. The zero-order valence-electron chi connectivity index (χ0n) is 9.59.